The minimum Gasteiger partial charge on any atom is -0.412 e. The molecule has 8 heteroatoms. The van der Waals surface area contributed by atoms with Crippen molar-refractivity contribution in [3.8, 4) is 0 Å². The summed E-state index contributed by atoms with van der Waals surface area (Å²) in [6.07, 6.45) is 0.411. The van der Waals surface area contributed by atoms with Crippen LogP contribution in [0.3, 0.4) is 0 Å². The van der Waals surface area contributed by atoms with E-state index in [4.69, 9.17) is 44.4 Å². The monoisotopic (exact) mass is 361 g/mol. The molecule has 0 amide bonds. The highest BCUT2D eigenvalue weighted by Crippen LogP contribution is 2.35. The van der Waals surface area contributed by atoms with E-state index in [9.17, 15) is 4.57 Å². The molecule has 114 valence electrons. The third-order valence-electron chi connectivity index (χ3n) is 1.75. The van der Waals surface area contributed by atoms with E-state index < -0.39 is 8.03 Å². The topological polar surface area (TPSA) is 78.0 Å². The Hall–Kier alpha value is -0.350. The minimum absolute atomic E-state index is 0. The average Bonchev–Trinajstić information content (AvgIpc) is 2.37. The fraction of sp³-hybridized carbons (Fsp3) is 0.333. The fourth-order valence-electron chi connectivity index (χ4n) is 0.991. The zero-order chi connectivity index (χ0) is 14.8. The average molecular weight is 363 g/mol. The second-order valence-corrected chi connectivity index (χ2v) is 5.70. The van der Waals surface area contributed by atoms with E-state index in [2.05, 4.69) is 0 Å². The summed E-state index contributed by atoms with van der Waals surface area (Å²) in [6, 6.07) is 4.89. The molecule has 1 atom stereocenters. The minimum atomic E-state index is -1.76. The lowest BCUT2D eigenvalue weighted by molar-refractivity contribution is 0.318. The molecular weight excluding hydrogens is 345 g/mol. The van der Waals surface area contributed by atoms with Gasteiger partial charge in [-0.3, -0.25) is 4.52 Å². The standard InChI is InChI=1S/C10H9Cl3O2P.C2H6O.H2O/c1-2-16(14)15-10(6-11)8-4-3-7(12)5-9(8)13;1-2-3;/h3-6H,2H2,1H3;3H,2H2,1H3;1H2/q+1;;/b10-6+;;. The molecule has 0 aromatic heterocycles. The van der Waals surface area contributed by atoms with Gasteiger partial charge in [-0.25, -0.2) is 0 Å². The molecule has 0 fully saturated rings. The van der Waals surface area contributed by atoms with Crippen molar-refractivity contribution < 1.29 is 19.7 Å². The third kappa shape index (κ3) is 8.05. The lowest BCUT2D eigenvalue weighted by atomic mass is 10.2. The number of hydrogen-bond acceptors (Lipinski definition) is 3. The lowest BCUT2D eigenvalue weighted by Crippen LogP contribution is -1.87. The Bertz CT molecular complexity index is 452. The molecule has 0 radical (unpaired) electrons. The first-order valence-corrected chi connectivity index (χ1v) is 8.04. The molecule has 0 bridgehead atoms. The maximum absolute atomic E-state index is 11.3. The highest BCUT2D eigenvalue weighted by molar-refractivity contribution is 7.39. The van der Waals surface area contributed by atoms with Crippen molar-refractivity contribution >= 4 is 48.6 Å². The van der Waals surface area contributed by atoms with Crippen LogP contribution in [0, 0.1) is 0 Å². The van der Waals surface area contributed by atoms with Crippen LogP contribution >= 0.6 is 42.8 Å². The molecule has 4 nitrogen and oxygen atoms in total. The number of benzene rings is 1. The van der Waals surface area contributed by atoms with Crippen molar-refractivity contribution in [3.05, 3.63) is 39.3 Å². The van der Waals surface area contributed by atoms with Gasteiger partial charge >= 0.3 is 8.03 Å². The lowest BCUT2D eigenvalue weighted by Gasteiger charge is -2.03. The van der Waals surface area contributed by atoms with E-state index in [-0.39, 0.29) is 17.8 Å². The molecule has 0 aliphatic rings. The summed E-state index contributed by atoms with van der Waals surface area (Å²) in [5.41, 5.74) is 1.77. The molecule has 0 heterocycles. The van der Waals surface area contributed by atoms with Gasteiger partial charge in [0, 0.05) is 17.2 Å². The van der Waals surface area contributed by atoms with Crippen LogP contribution < -0.4 is 0 Å². The molecule has 1 rings (SSSR count). The van der Waals surface area contributed by atoms with Gasteiger partial charge in [0.05, 0.1) is 10.6 Å². The summed E-state index contributed by atoms with van der Waals surface area (Å²) in [5.74, 6) is 0.284. The number of rotatable bonds is 4. The zero-order valence-corrected chi connectivity index (χ0v) is 14.2. The second-order valence-electron chi connectivity index (χ2n) is 3.15. The van der Waals surface area contributed by atoms with Crippen LogP contribution in [0.1, 0.15) is 19.4 Å². The van der Waals surface area contributed by atoms with E-state index >= 15 is 0 Å². The maximum atomic E-state index is 11.3. The molecule has 1 aromatic carbocycles. The summed E-state index contributed by atoms with van der Waals surface area (Å²) in [5, 5.41) is 8.49. The largest absolute Gasteiger partial charge is 0.555 e. The van der Waals surface area contributed by atoms with Gasteiger partial charge in [-0.2, -0.15) is 0 Å². The normalized spacial score (nSPS) is 10.9. The Morgan fingerprint density at radius 1 is 1.40 bits per heavy atom. The van der Waals surface area contributed by atoms with E-state index in [1.807, 2.05) is 0 Å². The summed E-state index contributed by atoms with van der Waals surface area (Å²) >= 11 is 17.3. The first-order chi connectivity index (χ1) is 8.99. The first kappa shape index (κ1) is 21.9. The Morgan fingerprint density at radius 2 is 1.95 bits per heavy atom. The van der Waals surface area contributed by atoms with Crippen molar-refractivity contribution in [2.75, 3.05) is 12.8 Å². The van der Waals surface area contributed by atoms with E-state index in [0.717, 1.165) is 0 Å². The van der Waals surface area contributed by atoms with E-state index in [1.165, 1.54) is 5.54 Å². The number of aliphatic hydroxyl groups excluding tert-OH is 1. The molecule has 0 aliphatic heterocycles. The second kappa shape index (κ2) is 12.4. The predicted molar refractivity (Wildman–Crippen MR) is 85.9 cm³/mol. The Labute approximate surface area is 134 Å². The number of aliphatic hydroxyl groups is 1. The fourth-order valence-corrected chi connectivity index (χ4v) is 2.22. The van der Waals surface area contributed by atoms with Crippen molar-refractivity contribution in [2.24, 2.45) is 0 Å². The number of hydrogen-bond donors (Lipinski definition) is 1. The highest BCUT2D eigenvalue weighted by Gasteiger charge is 2.20. The third-order valence-corrected chi connectivity index (χ3v) is 3.42. The van der Waals surface area contributed by atoms with Crippen LogP contribution in [0.2, 0.25) is 10.0 Å². The molecule has 1 unspecified atom stereocenters. The Morgan fingerprint density at radius 3 is 2.35 bits per heavy atom. The highest BCUT2D eigenvalue weighted by atomic mass is 35.5. The van der Waals surface area contributed by atoms with Crippen molar-refractivity contribution in [3.63, 3.8) is 0 Å². The summed E-state index contributed by atoms with van der Waals surface area (Å²) in [4.78, 5) is 0. The summed E-state index contributed by atoms with van der Waals surface area (Å²) in [6.45, 7) is 3.69. The molecule has 0 aliphatic carbocycles. The molecule has 20 heavy (non-hydrogen) atoms. The molecule has 1 aromatic rings. The quantitative estimate of drug-likeness (QED) is 0.633. The van der Waals surface area contributed by atoms with Gasteiger partial charge in [-0.05, 0) is 36.6 Å². The smallest absolute Gasteiger partial charge is 0.412 e. The Balaban J connectivity index is 0. The predicted octanol–water partition coefficient (Wildman–Crippen LogP) is 4.48. The van der Waals surface area contributed by atoms with Crippen LogP contribution in [-0.2, 0) is 9.09 Å². The van der Waals surface area contributed by atoms with Crippen LogP contribution in [0.25, 0.3) is 5.76 Å². The molecule has 3 N–H and O–H groups in total. The van der Waals surface area contributed by atoms with Crippen molar-refractivity contribution in [1.82, 2.24) is 0 Å². The summed E-state index contributed by atoms with van der Waals surface area (Å²) < 4.78 is 16.5. The molecule has 0 saturated heterocycles. The van der Waals surface area contributed by atoms with Gasteiger partial charge in [-0.1, -0.05) is 34.8 Å². The van der Waals surface area contributed by atoms with E-state index in [0.29, 0.717) is 21.8 Å². The van der Waals surface area contributed by atoms with Gasteiger partial charge in [0.2, 0.25) is 5.76 Å². The number of halogens is 3. The van der Waals surface area contributed by atoms with Gasteiger partial charge in [0.1, 0.15) is 0 Å². The van der Waals surface area contributed by atoms with Crippen LogP contribution in [0.5, 0.6) is 0 Å². The van der Waals surface area contributed by atoms with Gasteiger partial charge in [-0.15, -0.1) is 0 Å². The van der Waals surface area contributed by atoms with Gasteiger partial charge < -0.3 is 10.6 Å². The maximum Gasteiger partial charge on any atom is 0.555 e. The van der Waals surface area contributed by atoms with Crippen molar-refractivity contribution in [1.29, 1.82) is 0 Å². The summed E-state index contributed by atoms with van der Waals surface area (Å²) in [7, 11) is -1.76. The SMILES string of the molecule is CCO.CC[P+](=O)O/C(=C/Cl)c1ccc(Cl)cc1Cl.O. The first-order valence-electron chi connectivity index (χ1n) is 5.49. The van der Waals surface area contributed by atoms with Gasteiger partial charge in [0.15, 0.2) is 6.16 Å². The van der Waals surface area contributed by atoms with Crippen molar-refractivity contribution in [2.45, 2.75) is 13.8 Å². The Kier molecular flexibility index (Phi) is 13.6. The van der Waals surface area contributed by atoms with Crippen LogP contribution in [0.15, 0.2) is 23.7 Å². The molecule has 0 saturated carbocycles. The van der Waals surface area contributed by atoms with Gasteiger partial charge in [0.25, 0.3) is 0 Å². The zero-order valence-electron chi connectivity index (χ0n) is 11.1. The molecule has 0 spiro atoms. The van der Waals surface area contributed by atoms with Crippen LogP contribution in [-0.4, -0.2) is 23.4 Å². The van der Waals surface area contributed by atoms with E-state index in [1.54, 1.807) is 32.0 Å². The van der Waals surface area contributed by atoms with Crippen LogP contribution in [0.4, 0.5) is 0 Å². The molecular formula is C12H17Cl3O4P+.